The first-order valence-corrected chi connectivity index (χ1v) is 15.3. The monoisotopic (exact) mass is 594 g/mol. The Bertz CT molecular complexity index is 1630. The van der Waals surface area contributed by atoms with Gasteiger partial charge in [-0.05, 0) is 105 Å². The first-order chi connectivity index (χ1) is 20.9. The number of carbonyl (C=O) groups is 1. The minimum Gasteiger partial charge on any atom is -0.378 e. The molecule has 0 unspecified atom stereocenters. The Morgan fingerprint density at radius 2 is 1.72 bits per heavy atom. The van der Waals surface area contributed by atoms with E-state index in [1.807, 2.05) is 44.3 Å². The maximum atomic E-state index is 12.1. The van der Waals surface area contributed by atoms with Gasteiger partial charge < -0.3 is 29.7 Å². The fourth-order valence-electron chi connectivity index (χ4n) is 6.24. The van der Waals surface area contributed by atoms with Crippen LogP contribution in [-0.2, 0) is 9.53 Å². The third-order valence-electron chi connectivity index (χ3n) is 8.45. The Morgan fingerprint density at radius 1 is 1.00 bits per heavy atom. The maximum absolute atomic E-state index is 12.1. The van der Waals surface area contributed by atoms with Gasteiger partial charge in [0.1, 0.15) is 0 Å². The van der Waals surface area contributed by atoms with Crippen molar-refractivity contribution in [2.24, 2.45) is 0 Å². The molecule has 0 saturated carbocycles. The summed E-state index contributed by atoms with van der Waals surface area (Å²) in [7, 11) is 0. The number of hydrogen-bond donors (Lipinski definition) is 2. The van der Waals surface area contributed by atoms with Crippen LogP contribution in [0, 0.1) is 20.8 Å². The number of amides is 1. The molecule has 43 heavy (non-hydrogen) atoms. The molecule has 2 aliphatic rings. The van der Waals surface area contributed by atoms with Crippen molar-refractivity contribution < 1.29 is 9.53 Å². The van der Waals surface area contributed by atoms with Crippen LogP contribution in [0.25, 0.3) is 5.69 Å². The van der Waals surface area contributed by atoms with Gasteiger partial charge in [0.25, 0.3) is 0 Å². The highest BCUT2D eigenvalue weighted by Gasteiger charge is 2.42. The Balaban J connectivity index is 1.40. The van der Waals surface area contributed by atoms with Gasteiger partial charge >= 0.3 is 0 Å². The smallest absolute Gasteiger partial charge is 0.224 e. The summed E-state index contributed by atoms with van der Waals surface area (Å²) in [6, 6.07) is 22.9. The molecule has 1 amide bonds. The van der Waals surface area contributed by atoms with E-state index in [1.165, 1.54) is 11.3 Å². The zero-order valence-corrected chi connectivity index (χ0v) is 25.9. The molecule has 0 bridgehead atoms. The fraction of sp³-hybridized carbons (Fsp3) is 0.324. The minimum absolute atomic E-state index is 0.00674. The second kappa shape index (κ2) is 12.2. The van der Waals surface area contributed by atoms with Crippen LogP contribution in [-0.4, -0.2) is 46.9 Å². The van der Waals surface area contributed by atoms with E-state index in [4.69, 9.17) is 21.9 Å². The zero-order valence-electron chi connectivity index (χ0n) is 25.1. The van der Waals surface area contributed by atoms with Crippen LogP contribution in [0.2, 0.25) is 0 Å². The average molecular weight is 595 g/mol. The number of ether oxygens (including phenoxy) is 1. The molecule has 4 heterocycles. The van der Waals surface area contributed by atoms with Crippen LogP contribution in [0.15, 0.2) is 72.9 Å². The predicted molar refractivity (Wildman–Crippen MR) is 176 cm³/mol. The molecule has 222 valence electrons. The molecule has 4 aromatic rings. The molecule has 2 fully saturated rings. The Kier molecular flexibility index (Phi) is 8.19. The van der Waals surface area contributed by atoms with Gasteiger partial charge in [0, 0.05) is 59.8 Å². The first-order valence-electron chi connectivity index (χ1n) is 14.9. The number of rotatable bonds is 7. The molecule has 8 nitrogen and oxygen atoms in total. The van der Waals surface area contributed by atoms with Crippen LogP contribution in [0.5, 0.6) is 0 Å². The standard InChI is InChI=1S/C34H38N6O2S/c1-5-31(41)36-29-14-13-27(20-22(29)2)40-33(32(37-34(40)43)30-8-6-7-15-35-30)28-21-23(3)39(24(28)4)26-11-9-25(10-12-26)38-16-18-42-19-17-38/h6-15,20-21,32-33H,5,16-19H2,1-4H3,(H,36,41)(H,37,43)/t32-,33-/m1/s1. The predicted octanol–water partition coefficient (Wildman–Crippen LogP) is 6.16. The second-order valence-corrected chi connectivity index (χ2v) is 11.6. The van der Waals surface area contributed by atoms with Crippen LogP contribution in [0.1, 0.15) is 53.6 Å². The Morgan fingerprint density at radius 3 is 2.40 bits per heavy atom. The van der Waals surface area contributed by atoms with Gasteiger partial charge in [-0.1, -0.05) is 13.0 Å². The number of benzene rings is 2. The van der Waals surface area contributed by atoms with Crippen LogP contribution in [0.4, 0.5) is 17.1 Å². The van der Waals surface area contributed by atoms with Crippen LogP contribution < -0.4 is 20.4 Å². The van der Waals surface area contributed by atoms with Crippen molar-refractivity contribution in [3.63, 3.8) is 0 Å². The Labute approximate surface area is 258 Å². The number of aromatic nitrogens is 2. The van der Waals surface area contributed by atoms with E-state index in [1.54, 1.807) is 0 Å². The van der Waals surface area contributed by atoms with Crippen molar-refractivity contribution in [2.75, 3.05) is 41.4 Å². The second-order valence-electron chi connectivity index (χ2n) is 11.2. The molecule has 2 saturated heterocycles. The highest BCUT2D eigenvalue weighted by Crippen LogP contribution is 2.44. The summed E-state index contributed by atoms with van der Waals surface area (Å²) in [5.74, 6) is -0.00674. The largest absolute Gasteiger partial charge is 0.378 e. The van der Waals surface area contributed by atoms with Gasteiger partial charge in [0.05, 0.1) is 31.0 Å². The maximum Gasteiger partial charge on any atom is 0.224 e. The molecular weight excluding hydrogens is 556 g/mol. The molecule has 2 N–H and O–H groups in total. The zero-order chi connectivity index (χ0) is 30.1. The third kappa shape index (κ3) is 5.62. The average Bonchev–Trinajstić information content (AvgIpc) is 3.53. The van der Waals surface area contributed by atoms with Crippen LogP contribution >= 0.6 is 12.2 Å². The topological polar surface area (TPSA) is 74.7 Å². The van der Waals surface area contributed by atoms with Gasteiger partial charge in [-0.3, -0.25) is 9.78 Å². The number of anilines is 3. The van der Waals surface area contributed by atoms with E-state index < -0.39 is 0 Å². The van der Waals surface area contributed by atoms with Crippen molar-refractivity contribution in [3.05, 3.63) is 101 Å². The summed E-state index contributed by atoms with van der Waals surface area (Å²) in [5, 5.41) is 7.23. The third-order valence-corrected chi connectivity index (χ3v) is 8.77. The van der Waals surface area contributed by atoms with Gasteiger partial charge in [0.15, 0.2) is 5.11 Å². The molecule has 2 aromatic carbocycles. The fourth-order valence-corrected chi connectivity index (χ4v) is 6.59. The molecule has 0 aliphatic carbocycles. The van der Waals surface area contributed by atoms with E-state index in [-0.39, 0.29) is 18.0 Å². The van der Waals surface area contributed by atoms with Crippen molar-refractivity contribution in [3.8, 4) is 5.69 Å². The van der Waals surface area contributed by atoms with E-state index in [0.29, 0.717) is 11.5 Å². The normalized spacial score (nSPS) is 18.6. The van der Waals surface area contributed by atoms with Crippen molar-refractivity contribution in [1.82, 2.24) is 14.9 Å². The van der Waals surface area contributed by atoms with Crippen molar-refractivity contribution in [1.29, 1.82) is 0 Å². The van der Waals surface area contributed by atoms with E-state index in [0.717, 1.165) is 66.0 Å². The SMILES string of the molecule is CCC(=O)Nc1ccc(N2C(=S)N[C@H](c3ccccn3)[C@H]2c2cc(C)n(-c3ccc(N4CCOCC4)cc3)c2C)cc1C. The molecular formula is C34H38N6O2S. The Hall–Kier alpha value is -4.21. The lowest BCUT2D eigenvalue weighted by molar-refractivity contribution is -0.115. The summed E-state index contributed by atoms with van der Waals surface area (Å²) in [4.78, 5) is 21.4. The quantitative estimate of drug-likeness (QED) is 0.248. The van der Waals surface area contributed by atoms with Crippen molar-refractivity contribution >= 4 is 40.3 Å². The highest BCUT2D eigenvalue weighted by molar-refractivity contribution is 7.80. The molecule has 2 atom stereocenters. The van der Waals surface area contributed by atoms with Crippen molar-refractivity contribution in [2.45, 2.75) is 46.2 Å². The van der Waals surface area contributed by atoms with Gasteiger partial charge in [-0.2, -0.15) is 0 Å². The molecule has 0 spiro atoms. The summed E-state index contributed by atoms with van der Waals surface area (Å²) < 4.78 is 7.85. The number of pyridine rings is 1. The summed E-state index contributed by atoms with van der Waals surface area (Å²) in [6.45, 7) is 11.6. The summed E-state index contributed by atoms with van der Waals surface area (Å²) >= 11 is 5.99. The number of thiocarbonyl (C=S) groups is 1. The van der Waals surface area contributed by atoms with Gasteiger partial charge in [0.2, 0.25) is 5.91 Å². The molecule has 6 rings (SSSR count). The lowest BCUT2D eigenvalue weighted by Gasteiger charge is -2.29. The summed E-state index contributed by atoms with van der Waals surface area (Å²) in [6.07, 6.45) is 2.26. The van der Waals surface area contributed by atoms with E-state index >= 15 is 0 Å². The number of morpholine rings is 1. The van der Waals surface area contributed by atoms with E-state index in [9.17, 15) is 4.79 Å². The lowest BCUT2D eigenvalue weighted by atomic mass is 9.96. The van der Waals surface area contributed by atoms with Crippen LogP contribution in [0.3, 0.4) is 0 Å². The number of nitrogens with zero attached hydrogens (tertiary/aromatic N) is 4. The first kappa shape index (κ1) is 28.9. The summed E-state index contributed by atoms with van der Waals surface area (Å²) in [5.41, 5.74) is 9.51. The van der Waals surface area contributed by atoms with Gasteiger partial charge in [-0.15, -0.1) is 0 Å². The highest BCUT2D eigenvalue weighted by atomic mass is 32.1. The molecule has 9 heteroatoms. The molecule has 2 aromatic heterocycles. The lowest BCUT2D eigenvalue weighted by Crippen LogP contribution is -2.36. The number of carbonyl (C=O) groups excluding carboxylic acids is 1. The number of hydrogen-bond acceptors (Lipinski definition) is 5. The van der Waals surface area contributed by atoms with Gasteiger partial charge in [-0.25, -0.2) is 0 Å². The molecule has 0 radical (unpaired) electrons. The number of nitrogens with one attached hydrogen (secondary N) is 2. The number of aryl methyl sites for hydroxylation is 2. The molecule has 2 aliphatic heterocycles. The van der Waals surface area contributed by atoms with E-state index in [2.05, 4.69) is 81.3 Å². The minimum atomic E-state index is -0.147.